The maximum atomic E-state index is 4.21. The van der Waals surface area contributed by atoms with Gasteiger partial charge in [0.2, 0.25) is 0 Å². The van der Waals surface area contributed by atoms with Crippen LogP contribution in [0.1, 0.15) is 5.56 Å². The van der Waals surface area contributed by atoms with Gasteiger partial charge in [-0.15, -0.1) is 0 Å². The number of benzene rings is 2. The van der Waals surface area contributed by atoms with Crippen LogP contribution in [0, 0.1) is 3.57 Å². The molecule has 0 saturated carbocycles. The molecule has 2 nitrogen and oxygen atoms in total. The van der Waals surface area contributed by atoms with Crippen LogP contribution in [-0.4, -0.2) is 6.21 Å². The highest BCUT2D eigenvalue weighted by molar-refractivity contribution is 14.1. The molecule has 17 heavy (non-hydrogen) atoms. The third-order valence-corrected chi connectivity index (χ3v) is 3.61. The number of hydrogen-bond donors (Lipinski definition) is 1. The molecule has 0 heterocycles. The van der Waals surface area contributed by atoms with Gasteiger partial charge < -0.3 is 0 Å². The molecule has 0 aliphatic heterocycles. The molecule has 0 fully saturated rings. The molecule has 2 aromatic carbocycles. The van der Waals surface area contributed by atoms with Crippen LogP contribution in [0.15, 0.2) is 58.1 Å². The Kier molecular flexibility index (Phi) is 4.56. The monoisotopic (exact) mass is 400 g/mol. The van der Waals surface area contributed by atoms with Crippen molar-refractivity contribution < 1.29 is 0 Å². The smallest absolute Gasteiger partial charge is 0.0695 e. The Balaban J connectivity index is 2.03. The van der Waals surface area contributed by atoms with E-state index in [-0.39, 0.29) is 0 Å². The van der Waals surface area contributed by atoms with E-state index in [4.69, 9.17) is 0 Å². The van der Waals surface area contributed by atoms with Gasteiger partial charge in [-0.25, -0.2) is 0 Å². The van der Waals surface area contributed by atoms with Gasteiger partial charge in [0.1, 0.15) is 0 Å². The summed E-state index contributed by atoms with van der Waals surface area (Å²) in [7, 11) is 0. The predicted molar refractivity (Wildman–Crippen MR) is 84.5 cm³/mol. The van der Waals surface area contributed by atoms with Crippen LogP contribution in [0.25, 0.3) is 0 Å². The standard InChI is InChI=1S/C13H10BrIN2/c14-11-7-5-10(6-8-11)9-16-17-13-4-2-1-3-12(13)15/h1-9,17H. The van der Waals surface area contributed by atoms with Gasteiger partial charge in [0.05, 0.1) is 11.9 Å². The molecule has 0 atom stereocenters. The highest BCUT2D eigenvalue weighted by Gasteiger charge is 1.94. The van der Waals surface area contributed by atoms with Crippen molar-refractivity contribution in [2.45, 2.75) is 0 Å². The quantitative estimate of drug-likeness (QED) is 0.458. The van der Waals surface area contributed by atoms with Gasteiger partial charge in [0, 0.05) is 8.04 Å². The van der Waals surface area contributed by atoms with E-state index in [1.54, 1.807) is 6.21 Å². The average Bonchev–Trinajstić information content (AvgIpc) is 2.34. The second kappa shape index (κ2) is 6.16. The second-order valence-corrected chi connectivity index (χ2v) is 5.48. The van der Waals surface area contributed by atoms with E-state index >= 15 is 0 Å². The van der Waals surface area contributed by atoms with Crippen molar-refractivity contribution in [3.63, 3.8) is 0 Å². The molecule has 0 bridgehead atoms. The van der Waals surface area contributed by atoms with Crippen LogP contribution < -0.4 is 5.43 Å². The van der Waals surface area contributed by atoms with Gasteiger partial charge in [-0.2, -0.15) is 5.10 Å². The highest BCUT2D eigenvalue weighted by Crippen LogP contribution is 2.16. The van der Waals surface area contributed by atoms with E-state index in [9.17, 15) is 0 Å². The topological polar surface area (TPSA) is 24.4 Å². The molecule has 0 aromatic heterocycles. The lowest BCUT2D eigenvalue weighted by Crippen LogP contribution is -1.92. The SMILES string of the molecule is Brc1ccc(C=NNc2ccccc2I)cc1. The molecule has 4 heteroatoms. The molecule has 0 saturated heterocycles. The lowest BCUT2D eigenvalue weighted by atomic mass is 10.2. The Morgan fingerprint density at radius 1 is 1.06 bits per heavy atom. The van der Waals surface area contributed by atoms with Crippen LogP contribution in [0.2, 0.25) is 0 Å². The van der Waals surface area contributed by atoms with Crippen molar-refractivity contribution >= 4 is 50.4 Å². The Hall–Kier alpha value is -0.880. The molecule has 2 rings (SSSR count). The van der Waals surface area contributed by atoms with E-state index in [2.05, 4.69) is 49.0 Å². The molecule has 0 spiro atoms. The summed E-state index contributed by atoms with van der Waals surface area (Å²) in [4.78, 5) is 0. The van der Waals surface area contributed by atoms with Gasteiger partial charge in [-0.05, 0) is 52.4 Å². The van der Waals surface area contributed by atoms with Crippen LogP contribution in [-0.2, 0) is 0 Å². The molecule has 0 radical (unpaired) electrons. The minimum Gasteiger partial charge on any atom is -0.277 e. The third-order valence-electron chi connectivity index (χ3n) is 2.14. The summed E-state index contributed by atoms with van der Waals surface area (Å²) in [6.45, 7) is 0. The average molecular weight is 401 g/mol. The van der Waals surface area contributed by atoms with Gasteiger partial charge in [0.15, 0.2) is 0 Å². The first-order valence-electron chi connectivity index (χ1n) is 5.05. The van der Waals surface area contributed by atoms with Gasteiger partial charge in [-0.3, -0.25) is 5.43 Å². The Bertz CT molecular complexity index is 523. The third kappa shape index (κ3) is 3.81. The fourth-order valence-electron chi connectivity index (χ4n) is 1.28. The summed E-state index contributed by atoms with van der Waals surface area (Å²) in [5.41, 5.74) is 5.10. The summed E-state index contributed by atoms with van der Waals surface area (Å²) in [5, 5.41) is 4.21. The van der Waals surface area contributed by atoms with Crippen molar-refractivity contribution in [2.75, 3.05) is 5.43 Å². The zero-order valence-electron chi connectivity index (χ0n) is 8.90. The zero-order valence-corrected chi connectivity index (χ0v) is 12.6. The van der Waals surface area contributed by atoms with Crippen molar-refractivity contribution in [3.05, 3.63) is 62.1 Å². The predicted octanol–water partition coefficient (Wildman–Crippen LogP) is 4.50. The Morgan fingerprint density at radius 3 is 2.47 bits per heavy atom. The summed E-state index contributed by atoms with van der Waals surface area (Å²) in [6.07, 6.45) is 1.80. The number of halogens is 2. The molecule has 0 aliphatic carbocycles. The van der Waals surface area contributed by atoms with E-state index in [0.29, 0.717) is 0 Å². The molecular formula is C13H10BrIN2. The number of rotatable bonds is 3. The summed E-state index contributed by atoms with van der Waals surface area (Å²) in [6, 6.07) is 16.0. The molecule has 0 unspecified atom stereocenters. The fourth-order valence-corrected chi connectivity index (χ4v) is 2.05. The largest absolute Gasteiger partial charge is 0.277 e. The highest BCUT2D eigenvalue weighted by atomic mass is 127. The molecule has 1 N–H and O–H groups in total. The minimum atomic E-state index is 1.02. The zero-order chi connectivity index (χ0) is 12.1. The molecule has 2 aromatic rings. The number of anilines is 1. The molecule has 0 aliphatic rings. The van der Waals surface area contributed by atoms with Crippen LogP contribution >= 0.6 is 38.5 Å². The van der Waals surface area contributed by atoms with Crippen LogP contribution in [0.5, 0.6) is 0 Å². The summed E-state index contributed by atoms with van der Waals surface area (Å²) < 4.78 is 2.22. The van der Waals surface area contributed by atoms with Gasteiger partial charge in [0.25, 0.3) is 0 Å². The molecule has 86 valence electrons. The summed E-state index contributed by atoms with van der Waals surface area (Å²) >= 11 is 5.68. The number of hydrazone groups is 1. The Morgan fingerprint density at radius 2 is 1.76 bits per heavy atom. The van der Waals surface area contributed by atoms with Crippen molar-refractivity contribution in [1.29, 1.82) is 0 Å². The first kappa shape index (κ1) is 12.6. The summed E-state index contributed by atoms with van der Waals surface area (Å²) in [5.74, 6) is 0. The molecule has 0 amide bonds. The first-order valence-corrected chi connectivity index (χ1v) is 6.92. The van der Waals surface area contributed by atoms with Gasteiger partial charge in [-0.1, -0.05) is 40.2 Å². The maximum absolute atomic E-state index is 4.21. The van der Waals surface area contributed by atoms with E-state index in [1.165, 1.54) is 0 Å². The van der Waals surface area contributed by atoms with Crippen LogP contribution in [0.4, 0.5) is 5.69 Å². The number of hydrogen-bond acceptors (Lipinski definition) is 2. The van der Waals surface area contributed by atoms with Gasteiger partial charge >= 0.3 is 0 Å². The van der Waals surface area contributed by atoms with Crippen molar-refractivity contribution in [2.24, 2.45) is 5.10 Å². The fraction of sp³-hybridized carbons (Fsp3) is 0. The van der Waals surface area contributed by atoms with E-state index in [0.717, 1.165) is 19.3 Å². The van der Waals surface area contributed by atoms with E-state index in [1.807, 2.05) is 48.5 Å². The number of nitrogens with zero attached hydrogens (tertiary/aromatic N) is 1. The lowest BCUT2D eigenvalue weighted by Gasteiger charge is -2.02. The van der Waals surface area contributed by atoms with Crippen molar-refractivity contribution in [1.82, 2.24) is 0 Å². The number of para-hydroxylation sites is 1. The second-order valence-electron chi connectivity index (χ2n) is 3.40. The number of nitrogens with one attached hydrogen (secondary N) is 1. The minimum absolute atomic E-state index is 1.02. The maximum Gasteiger partial charge on any atom is 0.0695 e. The van der Waals surface area contributed by atoms with Crippen LogP contribution in [0.3, 0.4) is 0 Å². The van der Waals surface area contributed by atoms with Crippen molar-refractivity contribution in [3.8, 4) is 0 Å². The molecular weight excluding hydrogens is 391 g/mol. The lowest BCUT2D eigenvalue weighted by molar-refractivity contribution is 1.34. The Labute approximate surface area is 122 Å². The normalized spacial score (nSPS) is 10.7. The van der Waals surface area contributed by atoms with E-state index < -0.39 is 0 Å². The first-order chi connectivity index (χ1) is 8.25.